The van der Waals surface area contributed by atoms with Crippen LogP contribution < -0.4 is 36.6 Å². The number of nitro benzene ring substituents is 2. The fraction of sp³-hybridized carbons (Fsp3) is 0.393. The number of piperazine rings is 2. The van der Waals surface area contributed by atoms with E-state index in [-0.39, 0.29) is 29.1 Å². The Kier molecular flexibility index (Phi) is 10.4. The van der Waals surface area contributed by atoms with Gasteiger partial charge in [-0.15, -0.1) is 0 Å². The van der Waals surface area contributed by atoms with E-state index in [2.05, 4.69) is 25.5 Å². The maximum absolute atomic E-state index is 12.7. The Morgan fingerprint density at radius 1 is 0.822 bits per heavy atom. The molecule has 0 aliphatic carbocycles. The highest BCUT2D eigenvalue weighted by atomic mass is 16.6. The Hall–Kier alpha value is -5.45. The molecule has 3 aromatic rings. The molecule has 1 aromatic heterocycles. The van der Waals surface area contributed by atoms with E-state index in [0.717, 1.165) is 49.3 Å². The van der Waals surface area contributed by atoms with E-state index in [4.69, 9.17) is 16.2 Å². The van der Waals surface area contributed by atoms with Crippen molar-refractivity contribution >= 4 is 46.0 Å². The highest BCUT2D eigenvalue weighted by Gasteiger charge is 2.26. The Morgan fingerprint density at radius 2 is 1.33 bits per heavy atom. The molecule has 0 atom stereocenters. The van der Waals surface area contributed by atoms with Gasteiger partial charge in [-0.05, 0) is 32.0 Å². The Labute approximate surface area is 259 Å². The monoisotopic (exact) mass is 623 g/mol. The smallest absolute Gasteiger partial charge is 0.323 e. The van der Waals surface area contributed by atoms with Crippen LogP contribution in [0.2, 0.25) is 0 Å². The van der Waals surface area contributed by atoms with Crippen LogP contribution in [0, 0.1) is 34.1 Å². The number of methoxy groups -OCH3 is 1. The van der Waals surface area contributed by atoms with Gasteiger partial charge in [-0.25, -0.2) is 14.8 Å². The molecule has 6 N–H and O–H groups in total. The maximum Gasteiger partial charge on any atom is 0.323 e. The number of benzene rings is 2. The van der Waals surface area contributed by atoms with Gasteiger partial charge in [0.2, 0.25) is 0 Å². The quantitative estimate of drug-likeness (QED) is 0.176. The average molecular weight is 624 g/mol. The van der Waals surface area contributed by atoms with E-state index in [1.54, 1.807) is 29.7 Å². The summed E-state index contributed by atoms with van der Waals surface area (Å²) < 4.78 is 5.18. The first-order valence-corrected chi connectivity index (χ1v) is 14.2. The first-order valence-electron chi connectivity index (χ1n) is 14.2. The number of amides is 2. The van der Waals surface area contributed by atoms with Crippen molar-refractivity contribution in [1.29, 1.82) is 0 Å². The van der Waals surface area contributed by atoms with Crippen molar-refractivity contribution in [3.8, 4) is 5.88 Å². The van der Waals surface area contributed by atoms with Crippen molar-refractivity contribution in [3.63, 3.8) is 0 Å². The average Bonchev–Trinajstić information content (AvgIpc) is 3.02. The third-order valence-electron chi connectivity index (χ3n) is 7.38. The number of nitrogens with zero attached hydrogens (tertiary/aromatic N) is 7. The minimum atomic E-state index is -0.668. The van der Waals surface area contributed by atoms with Crippen LogP contribution in [-0.2, 0) is 0 Å². The number of carbonyl (C=O) groups excluding carboxylic acids is 1. The van der Waals surface area contributed by atoms with Crippen LogP contribution in [0.3, 0.4) is 0 Å². The molecule has 5 rings (SSSR count). The molecule has 2 aliphatic rings. The van der Waals surface area contributed by atoms with Crippen LogP contribution in [0.15, 0.2) is 36.4 Å². The van der Waals surface area contributed by atoms with E-state index in [9.17, 15) is 25.0 Å². The number of aromatic nitrogens is 2. The summed E-state index contributed by atoms with van der Waals surface area (Å²) in [5.41, 5.74) is 15.1. The van der Waals surface area contributed by atoms with Gasteiger partial charge in [0.1, 0.15) is 0 Å². The molecule has 17 heteroatoms. The molecule has 0 radical (unpaired) electrons. The summed E-state index contributed by atoms with van der Waals surface area (Å²) in [6, 6.07) is 8.84. The standard InChI is InChI=1S/C18H21N7O6.C10H16N4/c1-11-12(2)20-17(31-3)16(19-11)21-18(26)23-6-4-22(5-7-23)13-8-14(24(27)28)10-15(9-13)25(29)30;11-8-5-9(12)7-10(6-8)14-3-1-13-2-4-14/h8-10H,4-7H2,1-3H3,(H,19,21,26);5-7,13H,1-4,11-12H2. The number of anilines is 5. The van der Waals surface area contributed by atoms with E-state index < -0.39 is 9.85 Å². The molecule has 2 fully saturated rings. The molecule has 2 amide bonds. The number of aryl methyl sites for hydroxylation is 2. The molecule has 17 nitrogen and oxygen atoms in total. The number of nitrogens with one attached hydrogen (secondary N) is 2. The van der Waals surface area contributed by atoms with Gasteiger partial charge < -0.3 is 36.2 Å². The maximum atomic E-state index is 12.7. The summed E-state index contributed by atoms with van der Waals surface area (Å²) in [6.45, 7) is 8.95. The molecule has 2 aromatic carbocycles. The van der Waals surface area contributed by atoms with Crippen molar-refractivity contribution in [1.82, 2.24) is 20.2 Å². The summed E-state index contributed by atoms with van der Waals surface area (Å²) in [6.07, 6.45) is 0. The number of ether oxygens (including phenoxy) is 1. The zero-order valence-electron chi connectivity index (χ0n) is 25.4. The van der Waals surface area contributed by atoms with Crippen molar-refractivity contribution in [2.75, 3.05) is 86.1 Å². The lowest BCUT2D eigenvalue weighted by Crippen LogP contribution is -2.50. The van der Waals surface area contributed by atoms with Crippen LogP contribution in [0.4, 0.5) is 44.7 Å². The minimum absolute atomic E-state index is 0.207. The van der Waals surface area contributed by atoms with Crippen LogP contribution in [0.5, 0.6) is 5.88 Å². The normalized spacial score (nSPS) is 14.7. The molecular formula is C28H37N11O6. The second-order valence-electron chi connectivity index (χ2n) is 10.5. The third kappa shape index (κ3) is 8.35. The molecule has 240 valence electrons. The molecule has 0 saturated carbocycles. The molecule has 2 saturated heterocycles. The number of hydrogen-bond acceptors (Lipinski definition) is 13. The summed E-state index contributed by atoms with van der Waals surface area (Å²) in [4.78, 5) is 47.7. The summed E-state index contributed by atoms with van der Waals surface area (Å²) in [7, 11) is 1.44. The lowest BCUT2D eigenvalue weighted by Gasteiger charge is -2.35. The zero-order chi connectivity index (χ0) is 32.7. The molecule has 0 spiro atoms. The van der Waals surface area contributed by atoms with Gasteiger partial charge in [-0.1, -0.05) is 0 Å². The number of rotatable bonds is 6. The first-order chi connectivity index (χ1) is 21.4. The number of non-ortho nitro benzene ring substituents is 2. The number of carbonyl (C=O) groups is 1. The van der Waals surface area contributed by atoms with Gasteiger partial charge in [0, 0.05) is 81.6 Å². The van der Waals surface area contributed by atoms with Crippen LogP contribution >= 0.6 is 0 Å². The second kappa shape index (κ2) is 14.3. The van der Waals surface area contributed by atoms with Crippen molar-refractivity contribution in [2.45, 2.75) is 13.8 Å². The lowest BCUT2D eigenvalue weighted by molar-refractivity contribution is -0.394. The van der Waals surface area contributed by atoms with E-state index in [1.165, 1.54) is 19.2 Å². The van der Waals surface area contributed by atoms with Crippen molar-refractivity contribution in [2.24, 2.45) is 0 Å². The summed E-state index contributed by atoms with van der Waals surface area (Å²) in [5.74, 6) is 0.423. The Balaban J connectivity index is 0.000000273. The number of urea groups is 1. The molecule has 45 heavy (non-hydrogen) atoms. The predicted octanol–water partition coefficient (Wildman–Crippen LogP) is 2.53. The van der Waals surface area contributed by atoms with Gasteiger partial charge in [-0.3, -0.25) is 25.5 Å². The van der Waals surface area contributed by atoms with E-state index in [0.29, 0.717) is 43.3 Å². The van der Waals surface area contributed by atoms with Gasteiger partial charge in [0.25, 0.3) is 17.3 Å². The zero-order valence-corrected chi connectivity index (χ0v) is 25.4. The Morgan fingerprint density at radius 3 is 1.87 bits per heavy atom. The summed E-state index contributed by atoms with van der Waals surface area (Å²) >= 11 is 0. The van der Waals surface area contributed by atoms with Gasteiger partial charge in [0.05, 0.1) is 40.1 Å². The van der Waals surface area contributed by atoms with Gasteiger partial charge in [0.15, 0.2) is 5.82 Å². The molecule has 0 unspecified atom stereocenters. The largest absolute Gasteiger partial charge is 0.478 e. The van der Waals surface area contributed by atoms with E-state index >= 15 is 0 Å². The molecule has 3 heterocycles. The highest BCUT2D eigenvalue weighted by molar-refractivity contribution is 5.89. The minimum Gasteiger partial charge on any atom is -0.478 e. The van der Waals surface area contributed by atoms with Crippen LogP contribution in [0.1, 0.15) is 11.4 Å². The number of hydrogen-bond donors (Lipinski definition) is 4. The van der Waals surface area contributed by atoms with Crippen molar-refractivity contribution < 1.29 is 19.4 Å². The Bertz CT molecular complexity index is 1500. The first kappa shape index (κ1) is 32.5. The van der Waals surface area contributed by atoms with Crippen molar-refractivity contribution in [3.05, 3.63) is 68.0 Å². The van der Waals surface area contributed by atoms with Gasteiger partial charge in [-0.2, -0.15) is 0 Å². The fourth-order valence-electron chi connectivity index (χ4n) is 4.89. The number of nitro groups is 2. The molecule has 0 bridgehead atoms. The number of nitrogens with two attached hydrogens (primary N) is 2. The lowest BCUT2D eigenvalue weighted by atomic mass is 10.2. The van der Waals surface area contributed by atoms with Crippen LogP contribution in [-0.4, -0.2) is 90.2 Å². The summed E-state index contributed by atoms with van der Waals surface area (Å²) in [5, 5.41) is 28.2. The molecule has 2 aliphatic heterocycles. The van der Waals surface area contributed by atoms with Crippen LogP contribution in [0.25, 0.3) is 0 Å². The topological polar surface area (TPSA) is 224 Å². The number of nitrogen functional groups attached to an aromatic ring is 2. The SMILES string of the molecule is COc1nc(C)c(C)nc1NC(=O)N1CCN(c2cc([N+](=O)[O-])cc([N+](=O)[O-])c2)CC1.Nc1cc(N)cc(N2CCNCC2)c1. The molecular weight excluding hydrogens is 586 g/mol. The predicted molar refractivity (Wildman–Crippen MR) is 171 cm³/mol. The highest BCUT2D eigenvalue weighted by Crippen LogP contribution is 2.29. The second-order valence-corrected chi connectivity index (χ2v) is 10.5. The fourth-order valence-corrected chi connectivity index (χ4v) is 4.89. The third-order valence-corrected chi connectivity index (χ3v) is 7.38. The van der Waals surface area contributed by atoms with Gasteiger partial charge >= 0.3 is 6.03 Å². The van der Waals surface area contributed by atoms with E-state index in [1.807, 2.05) is 12.1 Å².